The van der Waals surface area contributed by atoms with E-state index in [-0.39, 0.29) is 0 Å². The van der Waals surface area contributed by atoms with Crippen LogP contribution in [-0.4, -0.2) is 31.1 Å². The maximum Gasteiger partial charge on any atom is 0.0206 e. The molecular formula is C13H20N2. The second-order valence-corrected chi connectivity index (χ2v) is 4.37. The van der Waals surface area contributed by atoms with Gasteiger partial charge in [-0.3, -0.25) is 0 Å². The molecule has 2 heteroatoms. The highest BCUT2D eigenvalue weighted by molar-refractivity contribution is 5.14. The van der Waals surface area contributed by atoms with E-state index in [9.17, 15) is 0 Å². The van der Waals surface area contributed by atoms with Gasteiger partial charge in [0.15, 0.2) is 0 Å². The van der Waals surface area contributed by atoms with Crippen LogP contribution < -0.4 is 5.32 Å². The van der Waals surface area contributed by atoms with Crippen LogP contribution >= 0.6 is 0 Å². The van der Waals surface area contributed by atoms with Gasteiger partial charge < -0.3 is 10.2 Å². The third kappa shape index (κ3) is 3.65. The summed E-state index contributed by atoms with van der Waals surface area (Å²) in [5.74, 6) is 0. The van der Waals surface area contributed by atoms with Crippen molar-refractivity contribution in [2.45, 2.75) is 25.4 Å². The van der Waals surface area contributed by atoms with Crippen molar-refractivity contribution < 1.29 is 0 Å². The van der Waals surface area contributed by atoms with Crippen LogP contribution in [0.4, 0.5) is 0 Å². The number of hydrogen-bond donors (Lipinski definition) is 1. The summed E-state index contributed by atoms with van der Waals surface area (Å²) >= 11 is 0. The second-order valence-electron chi connectivity index (χ2n) is 4.37. The van der Waals surface area contributed by atoms with Crippen molar-refractivity contribution in [2.24, 2.45) is 0 Å². The molecule has 2 rings (SSSR count). The fourth-order valence-electron chi connectivity index (χ4n) is 1.78. The van der Waals surface area contributed by atoms with Crippen LogP contribution in [-0.2, 0) is 6.54 Å². The first-order chi connectivity index (χ1) is 7.36. The van der Waals surface area contributed by atoms with E-state index in [0.717, 1.165) is 25.7 Å². The molecule has 1 saturated carbocycles. The largest absolute Gasteiger partial charge is 0.311 e. The van der Waals surface area contributed by atoms with Crippen molar-refractivity contribution in [1.29, 1.82) is 0 Å². The summed E-state index contributed by atoms with van der Waals surface area (Å²) in [5.41, 5.74) is 1.37. The monoisotopic (exact) mass is 204 g/mol. The molecule has 0 amide bonds. The maximum atomic E-state index is 3.47. The van der Waals surface area contributed by atoms with Gasteiger partial charge in [-0.25, -0.2) is 0 Å². The van der Waals surface area contributed by atoms with E-state index in [2.05, 4.69) is 47.6 Å². The number of benzene rings is 1. The maximum absolute atomic E-state index is 3.47. The van der Waals surface area contributed by atoms with Gasteiger partial charge >= 0.3 is 0 Å². The average Bonchev–Trinajstić information content (AvgIpc) is 3.09. The normalized spacial score (nSPS) is 15.9. The summed E-state index contributed by atoms with van der Waals surface area (Å²) in [6.07, 6.45) is 2.80. The molecule has 0 spiro atoms. The van der Waals surface area contributed by atoms with Gasteiger partial charge in [-0.1, -0.05) is 30.3 Å². The summed E-state index contributed by atoms with van der Waals surface area (Å²) in [7, 11) is 2.22. The van der Waals surface area contributed by atoms with Crippen LogP contribution in [0.1, 0.15) is 18.4 Å². The molecule has 0 unspecified atom stereocenters. The molecule has 1 fully saturated rings. The van der Waals surface area contributed by atoms with Crippen molar-refractivity contribution >= 4 is 0 Å². The lowest BCUT2D eigenvalue weighted by atomic mass is 10.2. The SMILES string of the molecule is CN(CCNCc1ccccc1)C1CC1. The van der Waals surface area contributed by atoms with Crippen LogP contribution in [0.15, 0.2) is 30.3 Å². The van der Waals surface area contributed by atoms with Gasteiger partial charge in [-0.05, 0) is 25.5 Å². The number of rotatable bonds is 6. The van der Waals surface area contributed by atoms with E-state index in [0.29, 0.717) is 0 Å². The lowest BCUT2D eigenvalue weighted by molar-refractivity contribution is 0.321. The Morgan fingerprint density at radius 2 is 2.00 bits per heavy atom. The van der Waals surface area contributed by atoms with Crippen molar-refractivity contribution in [1.82, 2.24) is 10.2 Å². The van der Waals surface area contributed by atoms with E-state index >= 15 is 0 Å². The van der Waals surface area contributed by atoms with Crippen LogP contribution in [0.2, 0.25) is 0 Å². The third-order valence-electron chi connectivity index (χ3n) is 2.98. The molecule has 0 aromatic heterocycles. The van der Waals surface area contributed by atoms with Crippen LogP contribution in [0.25, 0.3) is 0 Å². The second kappa shape index (κ2) is 5.29. The standard InChI is InChI=1S/C13H20N2/c1-15(13-7-8-13)10-9-14-11-12-5-3-2-4-6-12/h2-6,13-14H,7-11H2,1H3. The predicted octanol–water partition coefficient (Wildman–Crippen LogP) is 1.87. The molecule has 0 radical (unpaired) electrons. The molecular weight excluding hydrogens is 184 g/mol. The Labute approximate surface area is 92.3 Å². The summed E-state index contributed by atoms with van der Waals surface area (Å²) in [6, 6.07) is 11.4. The first-order valence-corrected chi connectivity index (χ1v) is 5.81. The molecule has 0 atom stereocenters. The van der Waals surface area contributed by atoms with Crippen molar-refractivity contribution in [2.75, 3.05) is 20.1 Å². The fraction of sp³-hybridized carbons (Fsp3) is 0.538. The van der Waals surface area contributed by atoms with Crippen LogP contribution in [0.3, 0.4) is 0 Å². The van der Waals surface area contributed by atoms with Gasteiger partial charge in [0, 0.05) is 25.7 Å². The van der Waals surface area contributed by atoms with Crippen LogP contribution in [0.5, 0.6) is 0 Å². The molecule has 82 valence electrons. The Kier molecular flexibility index (Phi) is 3.75. The van der Waals surface area contributed by atoms with Crippen LogP contribution in [0, 0.1) is 0 Å². The molecule has 1 aromatic rings. The molecule has 0 bridgehead atoms. The van der Waals surface area contributed by atoms with Crippen molar-refractivity contribution in [3.05, 3.63) is 35.9 Å². The van der Waals surface area contributed by atoms with Crippen molar-refractivity contribution in [3.8, 4) is 0 Å². The van der Waals surface area contributed by atoms with Gasteiger partial charge in [0.2, 0.25) is 0 Å². The number of nitrogens with one attached hydrogen (secondary N) is 1. The smallest absolute Gasteiger partial charge is 0.0206 e. The van der Waals surface area contributed by atoms with E-state index < -0.39 is 0 Å². The third-order valence-corrected chi connectivity index (χ3v) is 2.98. The van der Waals surface area contributed by atoms with E-state index in [1.165, 1.54) is 18.4 Å². The zero-order valence-electron chi connectivity index (χ0n) is 9.45. The molecule has 1 aliphatic carbocycles. The molecule has 1 N–H and O–H groups in total. The number of nitrogens with zero attached hydrogens (tertiary/aromatic N) is 1. The van der Waals surface area contributed by atoms with E-state index in [1.807, 2.05) is 0 Å². The number of likely N-dealkylation sites (N-methyl/N-ethyl adjacent to an activating group) is 1. The predicted molar refractivity (Wildman–Crippen MR) is 63.8 cm³/mol. The highest BCUT2D eigenvalue weighted by Gasteiger charge is 2.25. The minimum absolute atomic E-state index is 0.878. The molecule has 1 aromatic carbocycles. The molecule has 1 aliphatic rings. The minimum Gasteiger partial charge on any atom is -0.311 e. The molecule has 0 heterocycles. The quantitative estimate of drug-likeness (QED) is 0.712. The first kappa shape index (κ1) is 10.7. The Balaban J connectivity index is 1.58. The van der Waals surface area contributed by atoms with Gasteiger partial charge in [-0.2, -0.15) is 0 Å². The zero-order valence-corrected chi connectivity index (χ0v) is 9.45. The van der Waals surface area contributed by atoms with Crippen molar-refractivity contribution in [3.63, 3.8) is 0 Å². The highest BCUT2D eigenvalue weighted by Crippen LogP contribution is 2.24. The summed E-state index contributed by atoms with van der Waals surface area (Å²) in [6.45, 7) is 3.23. The summed E-state index contributed by atoms with van der Waals surface area (Å²) in [5, 5.41) is 3.47. The molecule has 0 aliphatic heterocycles. The highest BCUT2D eigenvalue weighted by atomic mass is 15.2. The lowest BCUT2D eigenvalue weighted by Gasteiger charge is -2.15. The van der Waals surface area contributed by atoms with Gasteiger partial charge in [0.1, 0.15) is 0 Å². The Morgan fingerprint density at radius 1 is 1.27 bits per heavy atom. The average molecular weight is 204 g/mol. The Morgan fingerprint density at radius 3 is 2.67 bits per heavy atom. The molecule has 2 nitrogen and oxygen atoms in total. The van der Waals surface area contributed by atoms with Gasteiger partial charge in [0.05, 0.1) is 0 Å². The Hall–Kier alpha value is -0.860. The summed E-state index contributed by atoms with van der Waals surface area (Å²) in [4.78, 5) is 2.46. The lowest BCUT2D eigenvalue weighted by Crippen LogP contribution is -2.30. The van der Waals surface area contributed by atoms with E-state index in [4.69, 9.17) is 0 Å². The zero-order chi connectivity index (χ0) is 10.5. The molecule has 0 saturated heterocycles. The topological polar surface area (TPSA) is 15.3 Å². The first-order valence-electron chi connectivity index (χ1n) is 5.81. The van der Waals surface area contributed by atoms with E-state index in [1.54, 1.807) is 0 Å². The number of hydrogen-bond acceptors (Lipinski definition) is 2. The Bertz CT molecular complexity index is 280. The van der Waals surface area contributed by atoms with Gasteiger partial charge in [-0.15, -0.1) is 0 Å². The molecule has 15 heavy (non-hydrogen) atoms. The minimum atomic E-state index is 0.878. The van der Waals surface area contributed by atoms with Gasteiger partial charge in [0.25, 0.3) is 0 Å². The summed E-state index contributed by atoms with van der Waals surface area (Å²) < 4.78 is 0. The fourth-order valence-corrected chi connectivity index (χ4v) is 1.78.